The molecule has 82 valence electrons. The summed E-state index contributed by atoms with van der Waals surface area (Å²) in [7, 11) is 0. The lowest BCUT2D eigenvalue weighted by Crippen LogP contribution is -2.34. The summed E-state index contributed by atoms with van der Waals surface area (Å²) in [5.41, 5.74) is 0.782. The molecule has 0 aliphatic heterocycles. The lowest BCUT2D eigenvalue weighted by molar-refractivity contribution is -0.144. The molecule has 2 N–H and O–H groups in total. The van der Waals surface area contributed by atoms with Crippen LogP contribution in [0.4, 0.5) is 5.69 Å². The Balaban J connectivity index is 2.58. The number of para-hydroxylation sites is 1. The Morgan fingerprint density at radius 3 is 2.67 bits per heavy atom. The minimum absolute atomic E-state index is 0.284. The van der Waals surface area contributed by atoms with E-state index in [2.05, 4.69) is 5.32 Å². The van der Waals surface area contributed by atoms with Crippen LogP contribution < -0.4 is 5.32 Å². The normalized spacial score (nSPS) is 11.9. The largest absolute Gasteiger partial charge is 0.464 e. The first kappa shape index (κ1) is 11.5. The van der Waals surface area contributed by atoms with E-state index in [1.165, 1.54) is 0 Å². The highest BCUT2D eigenvalue weighted by atomic mass is 16.5. The van der Waals surface area contributed by atoms with Gasteiger partial charge in [0.25, 0.3) is 0 Å². The van der Waals surface area contributed by atoms with Crippen LogP contribution in [0.15, 0.2) is 30.3 Å². The molecule has 0 fully saturated rings. The number of aliphatic hydroxyl groups excluding tert-OH is 1. The van der Waals surface area contributed by atoms with E-state index in [4.69, 9.17) is 9.84 Å². The van der Waals surface area contributed by atoms with E-state index in [1.807, 2.05) is 30.3 Å². The van der Waals surface area contributed by atoms with Crippen molar-refractivity contribution < 1.29 is 14.6 Å². The Labute approximate surface area is 88.9 Å². The third-order valence-electron chi connectivity index (χ3n) is 1.87. The van der Waals surface area contributed by atoms with Crippen molar-refractivity contribution in [3.8, 4) is 0 Å². The van der Waals surface area contributed by atoms with Crippen LogP contribution in [0.1, 0.15) is 6.92 Å². The number of ether oxygens (including phenoxy) is 1. The molecular formula is C11H15NO3. The fraction of sp³-hybridized carbons (Fsp3) is 0.364. The van der Waals surface area contributed by atoms with E-state index in [9.17, 15) is 4.79 Å². The molecule has 4 nitrogen and oxygen atoms in total. The number of esters is 1. The number of hydrogen-bond acceptors (Lipinski definition) is 4. The maximum Gasteiger partial charge on any atom is 0.330 e. The average Bonchev–Trinajstić information content (AvgIpc) is 2.27. The molecule has 0 saturated heterocycles. The van der Waals surface area contributed by atoms with Crippen molar-refractivity contribution in [1.82, 2.24) is 0 Å². The van der Waals surface area contributed by atoms with E-state index >= 15 is 0 Å². The second-order valence-electron chi connectivity index (χ2n) is 3.00. The monoisotopic (exact) mass is 209 g/mol. The Kier molecular flexibility index (Phi) is 4.63. The molecule has 1 unspecified atom stereocenters. The number of carbonyl (C=O) groups excluding carboxylic acids is 1. The molecule has 0 saturated carbocycles. The van der Waals surface area contributed by atoms with Crippen LogP contribution in [0.3, 0.4) is 0 Å². The molecule has 0 aliphatic rings. The van der Waals surface area contributed by atoms with Crippen LogP contribution in [0.2, 0.25) is 0 Å². The zero-order chi connectivity index (χ0) is 11.1. The van der Waals surface area contributed by atoms with Crippen molar-refractivity contribution in [2.45, 2.75) is 13.0 Å². The van der Waals surface area contributed by atoms with Crippen molar-refractivity contribution in [1.29, 1.82) is 0 Å². The predicted molar refractivity (Wildman–Crippen MR) is 57.6 cm³/mol. The molecule has 0 aromatic heterocycles. The smallest absolute Gasteiger partial charge is 0.330 e. The number of benzene rings is 1. The van der Waals surface area contributed by atoms with Crippen molar-refractivity contribution >= 4 is 11.7 Å². The van der Waals surface area contributed by atoms with Crippen LogP contribution in [-0.4, -0.2) is 30.3 Å². The van der Waals surface area contributed by atoms with E-state index in [1.54, 1.807) is 6.92 Å². The van der Waals surface area contributed by atoms with Crippen LogP contribution in [-0.2, 0) is 9.53 Å². The molecule has 1 atom stereocenters. The highest BCUT2D eigenvalue weighted by molar-refractivity contribution is 5.79. The van der Waals surface area contributed by atoms with Gasteiger partial charge in [-0.2, -0.15) is 0 Å². The number of carbonyl (C=O) groups is 1. The summed E-state index contributed by atoms with van der Waals surface area (Å²) >= 11 is 0. The third-order valence-corrected chi connectivity index (χ3v) is 1.87. The van der Waals surface area contributed by atoms with Gasteiger partial charge in [0.15, 0.2) is 0 Å². The first-order valence-corrected chi connectivity index (χ1v) is 4.87. The summed E-state index contributed by atoms with van der Waals surface area (Å²) in [4.78, 5) is 11.3. The second kappa shape index (κ2) is 6.03. The zero-order valence-corrected chi connectivity index (χ0v) is 8.64. The Hall–Kier alpha value is -1.55. The fourth-order valence-electron chi connectivity index (χ4n) is 1.16. The van der Waals surface area contributed by atoms with Crippen LogP contribution in [0, 0.1) is 0 Å². The standard InChI is InChI=1S/C11H15NO3/c1-2-15-11(14)10(8-13)12-9-6-4-3-5-7-9/h3-7,10,12-13H,2,8H2,1H3. The van der Waals surface area contributed by atoms with Crippen molar-refractivity contribution in [2.75, 3.05) is 18.5 Å². The Morgan fingerprint density at radius 1 is 1.47 bits per heavy atom. The van der Waals surface area contributed by atoms with Gasteiger partial charge in [-0.15, -0.1) is 0 Å². The van der Waals surface area contributed by atoms with Crippen LogP contribution in [0.25, 0.3) is 0 Å². The van der Waals surface area contributed by atoms with Gasteiger partial charge in [0.1, 0.15) is 6.04 Å². The SMILES string of the molecule is CCOC(=O)C(CO)Nc1ccccc1. The highest BCUT2D eigenvalue weighted by Gasteiger charge is 2.17. The maximum atomic E-state index is 11.3. The number of rotatable bonds is 5. The molecule has 0 bridgehead atoms. The van der Waals surface area contributed by atoms with Gasteiger partial charge >= 0.3 is 5.97 Å². The van der Waals surface area contributed by atoms with E-state index in [0.717, 1.165) is 5.69 Å². The lowest BCUT2D eigenvalue weighted by Gasteiger charge is -2.15. The topological polar surface area (TPSA) is 58.6 Å². The molecule has 15 heavy (non-hydrogen) atoms. The van der Waals surface area contributed by atoms with E-state index < -0.39 is 12.0 Å². The van der Waals surface area contributed by atoms with Gasteiger partial charge in [0.2, 0.25) is 0 Å². The third kappa shape index (κ3) is 3.59. The van der Waals surface area contributed by atoms with E-state index in [-0.39, 0.29) is 6.61 Å². The predicted octanol–water partition coefficient (Wildman–Crippen LogP) is 1.02. The summed E-state index contributed by atoms with van der Waals surface area (Å²) in [5.74, 6) is -0.441. The number of anilines is 1. The fourth-order valence-corrected chi connectivity index (χ4v) is 1.16. The van der Waals surface area contributed by atoms with Crippen molar-refractivity contribution in [3.63, 3.8) is 0 Å². The molecule has 1 aromatic rings. The minimum Gasteiger partial charge on any atom is -0.464 e. The second-order valence-corrected chi connectivity index (χ2v) is 3.00. The van der Waals surface area contributed by atoms with Crippen molar-refractivity contribution in [2.24, 2.45) is 0 Å². The van der Waals surface area contributed by atoms with Gasteiger partial charge < -0.3 is 15.2 Å². The first-order chi connectivity index (χ1) is 7.27. The molecule has 4 heteroatoms. The average molecular weight is 209 g/mol. The van der Waals surface area contributed by atoms with Gasteiger partial charge in [-0.3, -0.25) is 0 Å². The van der Waals surface area contributed by atoms with Gasteiger partial charge in [-0.1, -0.05) is 18.2 Å². The van der Waals surface area contributed by atoms with Crippen molar-refractivity contribution in [3.05, 3.63) is 30.3 Å². The van der Waals surface area contributed by atoms with Crippen LogP contribution >= 0.6 is 0 Å². The lowest BCUT2D eigenvalue weighted by atomic mass is 10.2. The van der Waals surface area contributed by atoms with Gasteiger partial charge in [-0.25, -0.2) is 4.79 Å². The quantitative estimate of drug-likeness (QED) is 0.711. The highest BCUT2D eigenvalue weighted by Crippen LogP contribution is 2.07. The Bertz CT molecular complexity index is 300. The molecule has 0 spiro atoms. The molecule has 0 radical (unpaired) electrons. The zero-order valence-electron chi connectivity index (χ0n) is 8.64. The van der Waals surface area contributed by atoms with Gasteiger partial charge in [0, 0.05) is 5.69 Å². The Morgan fingerprint density at radius 2 is 2.13 bits per heavy atom. The van der Waals surface area contributed by atoms with E-state index in [0.29, 0.717) is 6.61 Å². The van der Waals surface area contributed by atoms with Crippen LogP contribution in [0.5, 0.6) is 0 Å². The molecule has 1 aromatic carbocycles. The number of aliphatic hydroxyl groups is 1. The summed E-state index contributed by atoms with van der Waals surface area (Å²) in [6.45, 7) is 1.76. The molecule has 0 amide bonds. The minimum atomic E-state index is -0.702. The summed E-state index contributed by atoms with van der Waals surface area (Å²) in [6, 6.07) is 8.52. The molecule has 0 heterocycles. The van der Waals surface area contributed by atoms with Gasteiger partial charge in [0.05, 0.1) is 13.2 Å². The van der Waals surface area contributed by atoms with Gasteiger partial charge in [-0.05, 0) is 19.1 Å². The molecule has 0 aliphatic carbocycles. The molecule has 1 rings (SSSR count). The number of hydrogen-bond donors (Lipinski definition) is 2. The summed E-state index contributed by atoms with van der Waals surface area (Å²) < 4.78 is 4.81. The molecular weight excluding hydrogens is 194 g/mol. The summed E-state index contributed by atoms with van der Waals surface area (Å²) in [5, 5.41) is 11.9. The number of nitrogens with one attached hydrogen (secondary N) is 1. The maximum absolute atomic E-state index is 11.3. The first-order valence-electron chi connectivity index (χ1n) is 4.87. The summed E-state index contributed by atoms with van der Waals surface area (Å²) in [6.07, 6.45) is 0.